The minimum Gasteiger partial charge on any atom is -0.390 e. The van der Waals surface area contributed by atoms with Crippen molar-refractivity contribution >= 4 is 11.6 Å². The first-order valence-electron chi connectivity index (χ1n) is 8.51. The smallest absolute Gasteiger partial charge is 0.335 e. The zero-order valence-electron chi connectivity index (χ0n) is 16.1. The van der Waals surface area contributed by atoms with Gasteiger partial charge in [-0.05, 0) is 32.2 Å². The maximum Gasteiger partial charge on any atom is 0.335 e. The largest absolute Gasteiger partial charge is 0.390 e. The van der Waals surface area contributed by atoms with Gasteiger partial charge in [-0.15, -0.1) is 0 Å². The van der Waals surface area contributed by atoms with Gasteiger partial charge in [0, 0.05) is 5.56 Å². The van der Waals surface area contributed by atoms with Gasteiger partial charge in [0.1, 0.15) is 0 Å². The Bertz CT molecular complexity index is 797. The van der Waals surface area contributed by atoms with Gasteiger partial charge in [-0.2, -0.15) is 13.5 Å². The molecule has 0 amide bonds. The minimum atomic E-state index is -0.750. The number of aryl methyl sites for hydroxylation is 1. The molecule has 27 heavy (non-hydrogen) atoms. The monoisotopic (exact) mass is 389 g/mol. The van der Waals surface area contributed by atoms with E-state index in [1.807, 2.05) is 54.9 Å². The molecule has 146 valence electrons. The number of rotatable bonds is 3. The first-order chi connectivity index (χ1) is 13.2. The lowest BCUT2D eigenvalue weighted by Gasteiger charge is -2.07. The van der Waals surface area contributed by atoms with Crippen molar-refractivity contribution in [1.82, 2.24) is 9.78 Å². The molecular weight excluding hydrogens is 362 g/mol. The van der Waals surface area contributed by atoms with Crippen molar-refractivity contribution in [2.45, 2.75) is 27.4 Å². The Labute approximate surface area is 164 Å². The normalized spacial score (nSPS) is 8.81. The molecule has 0 saturated heterocycles. The quantitative estimate of drug-likeness (QED) is 0.716. The number of benzene rings is 2. The highest BCUT2D eigenvalue weighted by atomic mass is 32.1. The van der Waals surface area contributed by atoms with Gasteiger partial charge in [-0.25, -0.2) is 4.68 Å². The summed E-state index contributed by atoms with van der Waals surface area (Å²) in [5.41, 5.74) is 9.46. The lowest BCUT2D eigenvalue weighted by atomic mass is 10.1. The van der Waals surface area contributed by atoms with Crippen molar-refractivity contribution in [1.29, 1.82) is 0 Å². The Balaban J connectivity index is 0.000000860. The number of aliphatic hydroxyl groups is 1. The SMILES string of the molecule is CC.CN.Cc1ccc(-c2cc(CO)nn2-c2ccccc2)cc1.O=S=O. The Morgan fingerprint density at radius 3 is 2.00 bits per heavy atom. The van der Waals surface area contributed by atoms with Gasteiger partial charge < -0.3 is 10.8 Å². The molecule has 0 aliphatic rings. The summed E-state index contributed by atoms with van der Waals surface area (Å²) in [6.45, 7) is 6.01. The maximum absolute atomic E-state index is 9.34. The van der Waals surface area contributed by atoms with Gasteiger partial charge in [-0.1, -0.05) is 61.9 Å². The summed E-state index contributed by atoms with van der Waals surface area (Å²) in [6, 6.07) is 20.2. The fourth-order valence-electron chi connectivity index (χ4n) is 2.20. The zero-order valence-corrected chi connectivity index (χ0v) is 16.9. The highest BCUT2D eigenvalue weighted by molar-refractivity contribution is 7.51. The molecule has 3 rings (SSSR count). The average Bonchev–Trinajstić information content (AvgIpc) is 3.17. The van der Waals surface area contributed by atoms with E-state index in [1.165, 1.54) is 12.6 Å². The van der Waals surface area contributed by atoms with Crippen LogP contribution in [0.25, 0.3) is 16.9 Å². The van der Waals surface area contributed by atoms with Crippen LogP contribution in [0.4, 0.5) is 0 Å². The Hall–Kier alpha value is -2.61. The number of hydrogen-bond donors (Lipinski definition) is 2. The summed E-state index contributed by atoms with van der Waals surface area (Å²) < 4.78 is 18.5. The van der Waals surface area contributed by atoms with E-state index < -0.39 is 11.6 Å². The molecule has 0 aliphatic carbocycles. The predicted octanol–water partition coefficient (Wildman–Crippen LogP) is 3.27. The van der Waals surface area contributed by atoms with Crippen LogP contribution in [0.15, 0.2) is 60.7 Å². The molecule has 3 aromatic rings. The van der Waals surface area contributed by atoms with Crippen LogP contribution >= 0.6 is 0 Å². The summed E-state index contributed by atoms with van der Waals surface area (Å²) in [5.74, 6) is 0. The molecule has 3 N–H and O–H groups in total. The van der Waals surface area contributed by atoms with E-state index in [9.17, 15) is 5.11 Å². The van der Waals surface area contributed by atoms with E-state index in [2.05, 4.69) is 42.0 Å². The van der Waals surface area contributed by atoms with E-state index in [1.54, 1.807) is 0 Å². The van der Waals surface area contributed by atoms with Crippen LogP contribution in [0.5, 0.6) is 0 Å². The van der Waals surface area contributed by atoms with Gasteiger partial charge in [0.2, 0.25) is 0 Å². The van der Waals surface area contributed by atoms with Gasteiger partial charge in [0.25, 0.3) is 0 Å². The number of para-hydroxylation sites is 1. The molecule has 0 saturated carbocycles. The van der Waals surface area contributed by atoms with E-state index in [0.29, 0.717) is 5.69 Å². The second-order valence-corrected chi connectivity index (χ2v) is 5.00. The molecule has 0 atom stereocenters. The third kappa shape index (κ3) is 7.65. The van der Waals surface area contributed by atoms with Crippen LogP contribution in [0.2, 0.25) is 0 Å². The maximum atomic E-state index is 9.34. The highest BCUT2D eigenvalue weighted by Gasteiger charge is 2.10. The molecule has 0 spiro atoms. The molecule has 0 fully saturated rings. The van der Waals surface area contributed by atoms with Gasteiger partial charge in [-0.3, -0.25) is 0 Å². The number of nitrogens with zero attached hydrogens (tertiary/aromatic N) is 2. The lowest BCUT2D eigenvalue weighted by molar-refractivity contribution is 0.276. The molecule has 2 aromatic carbocycles. The molecule has 1 aromatic heterocycles. The zero-order chi connectivity index (χ0) is 20.7. The Morgan fingerprint density at radius 1 is 1.00 bits per heavy atom. The Kier molecular flexibility index (Phi) is 13.1. The summed E-state index contributed by atoms with van der Waals surface area (Å²) in [6.07, 6.45) is 0. The van der Waals surface area contributed by atoms with Gasteiger partial charge in [0.15, 0.2) is 0 Å². The van der Waals surface area contributed by atoms with Crippen LogP contribution in [-0.2, 0) is 18.2 Å². The number of hydrogen-bond acceptors (Lipinski definition) is 5. The number of nitrogens with two attached hydrogens (primary N) is 1. The van der Waals surface area contributed by atoms with Crippen molar-refractivity contribution in [3.63, 3.8) is 0 Å². The minimum absolute atomic E-state index is 0.0569. The van der Waals surface area contributed by atoms with E-state index in [4.69, 9.17) is 8.42 Å². The number of aliphatic hydroxyl groups excluding tert-OH is 1. The van der Waals surface area contributed by atoms with Crippen molar-refractivity contribution in [2.24, 2.45) is 5.73 Å². The third-order valence-corrected chi connectivity index (χ3v) is 3.27. The van der Waals surface area contributed by atoms with Crippen molar-refractivity contribution in [3.05, 3.63) is 71.9 Å². The second-order valence-electron chi connectivity index (χ2n) is 4.86. The predicted molar refractivity (Wildman–Crippen MR) is 110 cm³/mol. The number of aromatic nitrogens is 2. The second kappa shape index (κ2) is 14.5. The standard InChI is InChI=1S/C17H16N2O.C2H6.CH5N.O2S/c1-13-7-9-14(10-8-13)17-11-15(12-20)18-19(17)16-5-3-2-4-6-16;2*1-2;1-3-2/h2-11,20H,12H2,1H3;1-2H3;2H2,1H3;. The summed E-state index contributed by atoms with van der Waals surface area (Å²) in [4.78, 5) is 0. The van der Waals surface area contributed by atoms with Crippen LogP contribution in [0.3, 0.4) is 0 Å². The summed E-state index contributed by atoms with van der Waals surface area (Å²) >= 11 is -0.750. The fourth-order valence-corrected chi connectivity index (χ4v) is 2.20. The molecule has 0 unspecified atom stereocenters. The molecule has 0 bridgehead atoms. The van der Waals surface area contributed by atoms with Crippen molar-refractivity contribution in [3.8, 4) is 16.9 Å². The molecule has 0 aliphatic heterocycles. The summed E-state index contributed by atoms with van der Waals surface area (Å²) in [5, 5.41) is 13.8. The topological polar surface area (TPSA) is 98.2 Å². The van der Waals surface area contributed by atoms with Crippen molar-refractivity contribution < 1.29 is 13.5 Å². The van der Waals surface area contributed by atoms with Gasteiger partial charge in [0.05, 0.1) is 23.7 Å². The molecule has 0 radical (unpaired) electrons. The molecule has 1 heterocycles. The van der Waals surface area contributed by atoms with Crippen LogP contribution in [0, 0.1) is 6.92 Å². The third-order valence-electron chi connectivity index (χ3n) is 3.27. The van der Waals surface area contributed by atoms with E-state index >= 15 is 0 Å². The van der Waals surface area contributed by atoms with Crippen LogP contribution in [-0.4, -0.2) is 30.4 Å². The van der Waals surface area contributed by atoms with Crippen LogP contribution < -0.4 is 5.73 Å². The Morgan fingerprint density at radius 2 is 1.52 bits per heavy atom. The highest BCUT2D eigenvalue weighted by Crippen LogP contribution is 2.24. The van der Waals surface area contributed by atoms with Gasteiger partial charge >= 0.3 is 11.6 Å². The average molecular weight is 390 g/mol. The van der Waals surface area contributed by atoms with E-state index in [0.717, 1.165) is 16.9 Å². The molecular formula is C20H27N3O3S. The lowest BCUT2D eigenvalue weighted by Crippen LogP contribution is -1.99. The van der Waals surface area contributed by atoms with Crippen molar-refractivity contribution in [2.75, 3.05) is 7.05 Å². The molecule has 6 nitrogen and oxygen atoms in total. The molecule has 7 heteroatoms. The first kappa shape index (κ1) is 24.4. The fraction of sp³-hybridized carbons (Fsp3) is 0.250. The van der Waals surface area contributed by atoms with Crippen LogP contribution in [0.1, 0.15) is 25.1 Å². The van der Waals surface area contributed by atoms with E-state index in [-0.39, 0.29) is 6.61 Å². The first-order valence-corrected chi connectivity index (χ1v) is 9.18. The summed E-state index contributed by atoms with van der Waals surface area (Å²) in [7, 11) is 1.50.